The molecule has 114 valence electrons. The molecule has 2 rings (SSSR count). The predicted octanol–water partition coefficient (Wildman–Crippen LogP) is 4.13. The highest BCUT2D eigenvalue weighted by molar-refractivity contribution is 7.99. The maximum absolute atomic E-state index is 12.5. The first-order valence-electron chi connectivity index (χ1n) is 6.43. The minimum atomic E-state index is -2.61. The van der Waals surface area contributed by atoms with E-state index in [0.29, 0.717) is 11.8 Å². The van der Waals surface area contributed by atoms with Crippen molar-refractivity contribution < 1.29 is 18.4 Å². The average molecular weight is 321 g/mol. The van der Waals surface area contributed by atoms with Crippen LogP contribution in [-0.2, 0) is 4.79 Å². The number of halogens is 2. The average Bonchev–Trinajstić information content (AvgIpc) is 2.48. The van der Waals surface area contributed by atoms with Crippen LogP contribution in [-0.4, -0.2) is 17.4 Å². The van der Waals surface area contributed by atoms with E-state index >= 15 is 0 Å². The number of Topliss-reactive ketones (excluding diaryl/α,β-unsaturated/α-hetero) is 1. The van der Waals surface area contributed by atoms with Gasteiger partial charge in [0.2, 0.25) is 0 Å². The Hall–Kier alpha value is -2.21. The highest BCUT2D eigenvalue weighted by Crippen LogP contribution is 2.31. The Bertz CT molecular complexity index is 687. The SMILES string of the molecule is Cc1ccc(C(=O)C(=O)Nc2ccccc2SC(F)F)cc1. The molecule has 0 aliphatic rings. The Morgan fingerprint density at radius 1 is 1.05 bits per heavy atom. The number of para-hydroxylation sites is 1. The molecule has 0 spiro atoms. The minimum absolute atomic E-state index is 0.193. The van der Waals surface area contributed by atoms with Crippen LogP contribution in [0.25, 0.3) is 0 Å². The van der Waals surface area contributed by atoms with E-state index in [4.69, 9.17) is 0 Å². The Balaban J connectivity index is 2.15. The second kappa shape index (κ2) is 7.17. The smallest absolute Gasteiger partial charge is 0.296 e. The maximum Gasteiger partial charge on any atom is 0.296 e. The Kier molecular flexibility index (Phi) is 5.27. The fourth-order valence-electron chi connectivity index (χ4n) is 1.78. The highest BCUT2D eigenvalue weighted by atomic mass is 32.2. The summed E-state index contributed by atoms with van der Waals surface area (Å²) in [6, 6.07) is 12.7. The molecule has 0 aliphatic heterocycles. The fourth-order valence-corrected chi connectivity index (χ4v) is 2.38. The number of nitrogens with one attached hydrogen (secondary N) is 1. The van der Waals surface area contributed by atoms with Crippen molar-refractivity contribution in [3.05, 3.63) is 59.7 Å². The quantitative estimate of drug-likeness (QED) is 0.512. The first-order valence-corrected chi connectivity index (χ1v) is 7.31. The molecule has 0 saturated heterocycles. The van der Waals surface area contributed by atoms with Gasteiger partial charge in [0.05, 0.1) is 5.69 Å². The number of carbonyl (C=O) groups excluding carboxylic acids is 2. The van der Waals surface area contributed by atoms with E-state index in [-0.39, 0.29) is 16.1 Å². The molecule has 0 aromatic heterocycles. The Labute approximate surface area is 130 Å². The van der Waals surface area contributed by atoms with Crippen molar-refractivity contribution >= 4 is 29.1 Å². The molecule has 2 aromatic carbocycles. The molecule has 1 N–H and O–H groups in total. The van der Waals surface area contributed by atoms with Gasteiger partial charge in [-0.2, -0.15) is 8.78 Å². The number of amides is 1. The normalized spacial score (nSPS) is 10.5. The first kappa shape index (κ1) is 16.2. The number of rotatable bonds is 5. The van der Waals surface area contributed by atoms with Crippen molar-refractivity contribution in [3.63, 3.8) is 0 Å². The standard InChI is InChI=1S/C16H13F2NO2S/c1-10-6-8-11(9-7-10)14(20)15(21)19-12-4-2-3-5-13(12)22-16(17)18/h2-9,16H,1H3,(H,19,21). The molecule has 0 radical (unpaired) electrons. The van der Waals surface area contributed by atoms with Crippen molar-refractivity contribution in [1.82, 2.24) is 0 Å². The number of thioether (sulfide) groups is 1. The minimum Gasteiger partial charge on any atom is -0.318 e. The molecule has 0 unspecified atom stereocenters. The summed E-state index contributed by atoms with van der Waals surface area (Å²) in [4.78, 5) is 24.2. The molecule has 3 nitrogen and oxygen atoms in total. The summed E-state index contributed by atoms with van der Waals surface area (Å²) >= 11 is 0.317. The van der Waals surface area contributed by atoms with Crippen LogP contribution in [0.4, 0.5) is 14.5 Å². The summed E-state index contributed by atoms with van der Waals surface area (Å²) < 4.78 is 25.0. The van der Waals surface area contributed by atoms with Crippen LogP contribution in [0.5, 0.6) is 0 Å². The molecule has 0 fully saturated rings. The Morgan fingerprint density at radius 3 is 2.32 bits per heavy atom. The highest BCUT2D eigenvalue weighted by Gasteiger charge is 2.18. The molecular weight excluding hydrogens is 308 g/mol. The van der Waals surface area contributed by atoms with Crippen LogP contribution in [0.2, 0.25) is 0 Å². The molecule has 0 atom stereocenters. The number of anilines is 1. The molecule has 22 heavy (non-hydrogen) atoms. The van der Waals surface area contributed by atoms with Crippen molar-refractivity contribution in [2.45, 2.75) is 17.6 Å². The predicted molar refractivity (Wildman–Crippen MR) is 82.4 cm³/mol. The van der Waals surface area contributed by atoms with E-state index < -0.39 is 17.4 Å². The Morgan fingerprint density at radius 2 is 1.68 bits per heavy atom. The number of hydrogen-bond donors (Lipinski definition) is 1. The van der Waals surface area contributed by atoms with E-state index in [1.165, 1.54) is 12.1 Å². The molecule has 1 amide bonds. The van der Waals surface area contributed by atoms with Crippen LogP contribution < -0.4 is 5.32 Å². The summed E-state index contributed by atoms with van der Waals surface area (Å²) in [5.41, 5.74) is 1.41. The molecule has 0 bridgehead atoms. The third-order valence-corrected chi connectivity index (χ3v) is 3.66. The van der Waals surface area contributed by atoms with E-state index in [9.17, 15) is 18.4 Å². The number of alkyl halides is 2. The van der Waals surface area contributed by atoms with E-state index in [0.717, 1.165) is 5.56 Å². The van der Waals surface area contributed by atoms with Crippen molar-refractivity contribution in [2.24, 2.45) is 0 Å². The lowest BCUT2D eigenvalue weighted by molar-refractivity contribution is -0.112. The van der Waals surface area contributed by atoms with Crippen LogP contribution in [0, 0.1) is 6.92 Å². The zero-order chi connectivity index (χ0) is 16.1. The van der Waals surface area contributed by atoms with Crippen molar-refractivity contribution in [2.75, 3.05) is 5.32 Å². The van der Waals surface area contributed by atoms with Gasteiger partial charge in [0.15, 0.2) is 0 Å². The maximum atomic E-state index is 12.5. The van der Waals surface area contributed by atoms with Gasteiger partial charge in [-0.15, -0.1) is 0 Å². The van der Waals surface area contributed by atoms with Crippen molar-refractivity contribution in [3.8, 4) is 0 Å². The molecule has 0 saturated carbocycles. The first-order chi connectivity index (χ1) is 10.5. The monoisotopic (exact) mass is 321 g/mol. The summed E-state index contributed by atoms with van der Waals surface area (Å²) in [5.74, 6) is -4.17. The number of carbonyl (C=O) groups is 2. The third kappa shape index (κ3) is 4.14. The lowest BCUT2D eigenvalue weighted by Crippen LogP contribution is -2.23. The summed E-state index contributed by atoms with van der Waals surface area (Å²) in [7, 11) is 0. The zero-order valence-electron chi connectivity index (χ0n) is 11.7. The number of ketones is 1. The van der Waals surface area contributed by atoms with Gasteiger partial charge < -0.3 is 5.32 Å². The summed E-state index contributed by atoms with van der Waals surface area (Å²) in [5, 5.41) is 2.39. The van der Waals surface area contributed by atoms with Gasteiger partial charge in [-0.3, -0.25) is 9.59 Å². The zero-order valence-corrected chi connectivity index (χ0v) is 12.5. The van der Waals surface area contributed by atoms with E-state index in [1.54, 1.807) is 36.4 Å². The molecular formula is C16H13F2NO2S. The second-order valence-electron chi connectivity index (χ2n) is 4.52. The molecule has 6 heteroatoms. The lowest BCUT2D eigenvalue weighted by Gasteiger charge is -2.09. The van der Waals surface area contributed by atoms with Gasteiger partial charge in [0.25, 0.3) is 17.4 Å². The van der Waals surface area contributed by atoms with E-state index in [2.05, 4.69) is 5.32 Å². The molecule has 0 aliphatic carbocycles. The van der Waals surface area contributed by atoms with Gasteiger partial charge in [-0.25, -0.2) is 0 Å². The number of aryl methyl sites for hydroxylation is 1. The van der Waals surface area contributed by atoms with Gasteiger partial charge in [-0.05, 0) is 19.1 Å². The van der Waals surface area contributed by atoms with Gasteiger partial charge in [0, 0.05) is 10.5 Å². The second-order valence-corrected chi connectivity index (χ2v) is 5.56. The number of hydrogen-bond acceptors (Lipinski definition) is 3. The van der Waals surface area contributed by atoms with Crippen LogP contribution in [0.3, 0.4) is 0 Å². The van der Waals surface area contributed by atoms with Gasteiger partial charge in [-0.1, -0.05) is 53.7 Å². The molecule has 0 heterocycles. The van der Waals surface area contributed by atoms with Gasteiger partial charge in [0.1, 0.15) is 0 Å². The topological polar surface area (TPSA) is 46.2 Å². The van der Waals surface area contributed by atoms with Crippen LogP contribution in [0.1, 0.15) is 15.9 Å². The van der Waals surface area contributed by atoms with Crippen molar-refractivity contribution in [1.29, 1.82) is 0 Å². The van der Waals surface area contributed by atoms with Crippen LogP contribution in [0.15, 0.2) is 53.4 Å². The summed E-state index contributed by atoms with van der Waals surface area (Å²) in [6.07, 6.45) is 0. The lowest BCUT2D eigenvalue weighted by atomic mass is 10.1. The fraction of sp³-hybridized carbons (Fsp3) is 0.125. The van der Waals surface area contributed by atoms with E-state index in [1.807, 2.05) is 6.92 Å². The van der Waals surface area contributed by atoms with Gasteiger partial charge >= 0.3 is 0 Å². The number of benzene rings is 2. The molecule has 2 aromatic rings. The summed E-state index contributed by atoms with van der Waals surface area (Å²) in [6.45, 7) is 1.87. The van der Waals surface area contributed by atoms with Crippen LogP contribution >= 0.6 is 11.8 Å². The third-order valence-electron chi connectivity index (χ3n) is 2.87. The largest absolute Gasteiger partial charge is 0.318 e.